The Kier molecular flexibility index (Phi) is 5.02. The number of carbonyl (C=O) groups is 1. The Bertz CT molecular complexity index is 1190. The minimum absolute atomic E-state index is 0.0322. The van der Waals surface area contributed by atoms with Gasteiger partial charge in [-0.05, 0) is 56.5 Å². The van der Waals surface area contributed by atoms with E-state index in [0.29, 0.717) is 36.3 Å². The molecule has 2 aliphatic rings. The van der Waals surface area contributed by atoms with E-state index in [1.54, 1.807) is 11.0 Å². The summed E-state index contributed by atoms with van der Waals surface area (Å²) < 4.78 is 17.4. The molecule has 1 amide bonds. The molecule has 0 aliphatic carbocycles. The Labute approximate surface area is 180 Å². The van der Waals surface area contributed by atoms with Gasteiger partial charge >= 0.3 is 0 Å². The van der Waals surface area contributed by atoms with Gasteiger partial charge in [-0.15, -0.1) is 0 Å². The molecular formula is C25H25NO5. The molecule has 31 heavy (non-hydrogen) atoms. The average molecular weight is 419 g/mol. The minimum atomic E-state index is -0.511. The molecule has 2 atom stereocenters. The highest BCUT2D eigenvalue weighted by molar-refractivity contribution is 5.99. The monoisotopic (exact) mass is 419 g/mol. The van der Waals surface area contributed by atoms with Crippen LogP contribution in [-0.4, -0.2) is 36.7 Å². The zero-order chi connectivity index (χ0) is 21.5. The number of fused-ring (bicyclic) bond motifs is 2. The maximum absolute atomic E-state index is 13.6. The molecule has 0 radical (unpaired) electrons. The second kappa shape index (κ2) is 7.85. The van der Waals surface area contributed by atoms with Crippen LogP contribution in [0, 0.1) is 6.92 Å². The molecule has 2 unspecified atom stereocenters. The van der Waals surface area contributed by atoms with Gasteiger partial charge < -0.3 is 18.8 Å². The minimum Gasteiger partial charge on any atom is -0.494 e. The molecule has 2 aromatic carbocycles. The Morgan fingerprint density at radius 3 is 2.65 bits per heavy atom. The zero-order valence-corrected chi connectivity index (χ0v) is 17.7. The van der Waals surface area contributed by atoms with Crippen molar-refractivity contribution in [3.05, 3.63) is 75.1 Å². The zero-order valence-electron chi connectivity index (χ0n) is 17.7. The second-order valence-corrected chi connectivity index (χ2v) is 8.17. The van der Waals surface area contributed by atoms with Gasteiger partial charge in [0.2, 0.25) is 5.76 Å². The summed E-state index contributed by atoms with van der Waals surface area (Å²) in [5, 5.41) is 0.501. The molecule has 3 aromatic rings. The molecule has 1 aromatic heterocycles. The van der Waals surface area contributed by atoms with E-state index in [-0.39, 0.29) is 23.2 Å². The summed E-state index contributed by atoms with van der Waals surface area (Å²) in [5.74, 6) is 0.629. The van der Waals surface area contributed by atoms with Crippen LogP contribution in [0.5, 0.6) is 5.75 Å². The molecule has 0 bridgehead atoms. The summed E-state index contributed by atoms with van der Waals surface area (Å²) >= 11 is 0. The van der Waals surface area contributed by atoms with Crippen LogP contribution >= 0.6 is 0 Å². The largest absolute Gasteiger partial charge is 0.494 e. The molecular weight excluding hydrogens is 394 g/mol. The Hall–Kier alpha value is -3.12. The average Bonchev–Trinajstić information content (AvgIpc) is 3.37. The van der Waals surface area contributed by atoms with Gasteiger partial charge in [-0.1, -0.05) is 23.8 Å². The van der Waals surface area contributed by atoms with E-state index in [0.717, 1.165) is 29.7 Å². The summed E-state index contributed by atoms with van der Waals surface area (Å²) in [7, 11) is 0. The van der Waals surface area contributed by atoms with Crippen molar-refractivity contribution in [2.45, 2.75) is 38.8 Å². The lowest BCUT2D eigenvalue weighted by molar-refractivity contribution is 0.0486. The maximum Gasteiger partial charge on any atom is 0.291 e. The van der Waals surface area contributed by atoms with Gasteiger partial charge in [-0.2, -0.15) is 0 Å². The first-order valence-corrected chi connectivity index (χ1v) is 10.8. The highest BCUT2D eigenvalue weighted by Crippen LogP contribution is 2.39. The van der Waals surface area contributed by atoms with E-state index < -0.39 is 6.04 Å². The molecule has 3 heterocycles. The van der Waals surface area contributed by atoms with Crippen molar-refractivity contribution in [3.8, 4) is 5.75 Å². The first-order valence-electron chi connectivity index (χ1n) is 10.8. The van der Waals surface area contributed by atoms with Crippen molar-refractivity contribution in [1.82, 2.24) is 4.90 Å². The van der Waals surface area contributed by atoms with Crippen molar-refractivity contribution in [2.24, 2.45) is 0 Å². The fourth-order valence-electron chi connectivity index (χ4n) is 4.59. The molecule has 0 N–H and O–H groups in total. The molecule has 6 heteroatoms. The lowest BCUT2D eigenvalue weighted by Gasteiger charge is -2.27. The van der Waals surface area contributed by atoms with Crippen LogP contribution in [0.2, 0.25) is 0 Å². The number of hydrogen-bond donors (Lipinski definition) is 0. The SMILES string of the molecule is CCOc1ccc(C2c3c(oc4ccc(C)cc4c3=O)C(=O)N2CC2CCCO2)cc1. The van der Waals surface area contributed by atoms with Crippen LogP contribution < -0.4 is 10.2 Å². The first kappa shape index (κ1) is 19.8. The predicted octanol–water partition coefficient (Wildman–Crippen LogP) is 4.22. The number of amides is 1. The highest BCUT2D eigenvalue weighted by Gasteiger charge is 2.43. The molecule has 1 saturated heterocycles. The number of aryl methyl sites for hydroxylation is 1. The molecule has 0 spiro atoms. The smallest absolute Gasteiger partial charge is 0.291 e. The fourth-order valence-corrected chi connectivity index (χ4v) is 4.59. The molecule has 2 aliphatic heterocycles. The third-order valence-electron chi connectivity index (χ3n) is 6.05. The van der Waals surface area contributed by atoms with E-state index in [1.807, 2.05) is 50.2 Å². The van der Waals surface area contributed by atoms with E-state index >= 15 is 0 Å². The van der Waals surface area contributed by atoms with Crippen LogP contribution in [0.1, 0.15) is 53.1 Å². The van der Waals surface area contributed by atoms with E-state index in [2.05, 4.69) is 0 Å². The van der Waals surface area contributed by atoms with Crippen molar-refractivity contribution in [3.63, 3.8) is 0 Å². The molecule has 160 valence electrons. The number of rotatable bonds is 5. The summed E-state index contributed by atoms with van der Waals surface area (Å²) in [6.45, 7) is 5.57. The molecule has 1 fully saturated rings. The van der Waals surface area contributed by atoms with Crippen molar-refractivity contribution in [2.75, 3.05) is 19.8 Å². The molecule has 6 nitrogen and oxygen atoms in total. The Balaban J connectivity index is 1.66. The number of carbonyl (C=O) groups excluding carboxylic acids is 1. The third kappa shape index (κ3) is 3.41. The summed E-state index contributed by atoms with van der Waals surface area (Å²) in [6, 6.07) is 12.5. The second-order valence-electron chi connectivity index (χ2n) is 8.17. The lowest BCUT2D eigenvalue weighted by Crippen LogP contribution is -2.36. The Morgan fingerprint density at radius 2 is 1.94 bits per heavy atom. The summed E-state index contributed by atoms with van der Waals surface area (Å²) in [6.07, 6.45) is 1.85. The third-order valence-corrected chi connectivity index (χ3v) is 6.05. The van der Waals surface area contributed by atoms with Gasteiger partial charge in [0.05, 0.1) is 29.7 Å². The van der Waals surface area contributed by atoms with Crippen molar-refractivity contribution in [1.29, 1.82) is 0 Å². The van der Waals surface area contributed by atoms with Crippen LogP contribution in [-0.2, 0) is 4.74 Å². The number of ether oxygens (including phenoxy) is 2. The number of nitrogens with zero attached hydrogens (tertiary/aromatic N) is 1. The van der Waals surface area contributed by atoms with Crippen LogP contribution in [0.3, 0.4) is 0 Å². The van der Waals surface area contributed by atoms with Gasteiger partial charge in [0.25, 0.3) is 5.91 Å². The summed E-state index contributed by atoms with van der Waals surface area (Å²) in [5.41, 5.74) is 2.52. The van der Waals surface area contributed by atoms with Crippen molar-refractivity contribution < 1.29 is 18.7 Å². The van der Waals surface area contributed by atoms with E-state index in [1.165, 1.54) is 0 Å². The quantitative estimate of drug-likeness (QED) is 0.619. The lowest BCUT2D eigenvalue weighted by atomic mass is 9.98. The van der Waals surface area contributed by atoms with E-state index in [4.69, 9.17) is 13.9 Å². The summed E-state index contributed by atoms with van der Waals surface area (Å²) in [4.78, 5) is 28.7. The highest BCUT2D eigenvalue weighted by atomic mass is 16.5. The molecule has 5 rings (SSSR count). The first-order chi connectivity index (χ1) is 15.1. The predicted molar refractivity (Wildman–Crippen MR) is 117 cm³/mol. The fraction of sp³-hybridized carbons (Fsp3) is 0.360. The van der Waals surface area contributed by atoms with Gasteiger partial charge in [0.1, 0.15) is 11.3 Å². The van der Waals surface area contributed by atoms with Gasteiger partial charge in [-0.25, -0.2) is 0 Å². The van der Waals surface area contributed by atoms with Crippen LogP contribution in [0.25, 0.3) is 11.0 Å². The van der Waals surface area contributed by atoms with Gasteiger partial charge in [-0.3, -0.25) is 9.59 Å². The number of benzene rings is 2. The van der Waals surface area contributed by atoms with Gasteiger partial charge in [0.15, 0.2) is 5.43 Å². The van der Waals surface area contributed by atoms with Crippen LogP contribution in [0.15, 0.2) is 51.7 Å². The van der Waals surface area contributed by atoms with E-state index in [9.17, 15) is 9.59 Å². The van der Waals surface area contributed by atoms with Crippen LogP contribution in [0.4, 0.5) is 0 Å². The number of hydrogen-bond acceptors (Lipinski definition) is 5. The maximum atomic E-state index is 13.6. The normalized spacial score (nSPS) is 20.5. The standard InChI is InChI=1S/C25H25NO5/c1-3-29-17-9-7-16(8-10-17)22-21-23(27)19-13-15(2)6-11-20(19)31-24(21)25(28)26(22)14-18-5-4-12-30-18/h6-11,13,18,22H,3-5,12,14H2,1-2H3. The Morgan fingerprint density at radius 1 is 1.13 bits per heavy atom. The van der Waals surface area contributed by atoms with Gasteiger partial charge in [0, 0.05) is 13.2 Å². The topological polar surface area (TPSA) is 69.0 Å². The van der Waals surface area contributed by atoms with Crippen molar-refractivity contribution >= 4 is 16.9 Å². The molecule has 0 saturated carbocycles.